The normalized spacial score (nSPS) is 11.2. The fourth-order valence-electron chi connectivity index (χ4n) is 1.29. The number of carbonyl (C=O) groups excluding carboxylic acids is 1. The highest BCUT2D eigenvalue weighted by molar-refractivity contribution is 7.91. The Morgan fingerprint density at radius 3 is 2.78 bits per heavy atom. The molecule has 100 valence electrons. The minimum atomic E-state index is -3.62. The van der Waals surface area contributed by atoms with Crippen LogP contribution < -0.4 is 10.5 Å². The number of nitrogens with two attached hydrogens (primary N) is 1. The number of thiophene rings is 1. The zero-order chi connectivity index (χ0) is 13.6. The standard InChI is InChI=1S/C11H16N2O3S2/c1-2-3-4-10(14)13-8-7-9-5-6-11(17-9)18(12,15)16/h2,5-6H,1,3-4,7-8H2,(H,13,14)(H2,12,15,16). The summed E-state index contributed by atoms with van der Waals surface area (Å²) in [6.07, 6.45) is 3.37. The zero-order valence-electron chi connectivity index (χ0n) is 9.89. The second-order valence-corrected chi connectivity index (χ2v) is 6.65. The van der Waals surface area contributed by atoms with Crippen LogP contribution >= 0.6 is 11.3 Å². The molecule has 1 aromatic rings. The molecule has 5 nitrogen and oxygen atoms in total. The first-order valence-electron chi connectivity index (χ1n) is 5.42. The smallest absolute Gasteiger partial charge is 0.247 e. The lowest BCUT2D eigenvalue weighted by molar-refractivity contribution is -0.120. The van der Waals surface area contributed by atoms with E-state index in [1.165, 1.54) is 6.07 Å². The molecule has 7 heteroatoms. The van der Waals surface area contributed by atoms with Crippen molar-refractivity contribution in [1.29, 1.82) is 0 Å². The topological polar surface area (TPSA) is 89.3 Å². The Kier molecular flexibility index (Phi) is 5.52. The van der Waals surface area contributed by atoms with Gasteiger partial charge < -0.3 is 5.32 Å². The number of carbonyl (C=O) groups is 1. The second-order valence-electron chi connectivity index (χ2n) is 3.69. The first kappa shape index (κ1) is 14.9. The van der Waals surface area contributed by atoms with Crippen LogP contribution in [0.3, 0.4) is 0 Å². The minimum Gasteiger partial charge on any atom is -0.356 e. The molecule has 0 unspecified atom stereocenters. The number of rotatable bonds is 7. The number of hydrogen-bond acceptors (Lipinski definition) is 4. The third-order valence-corrected chi connectivity index (χ3v) is 4.77. The number of amides is 1. The Morgan fingerprint density at radius 2 is 2.22 bits per heavy atom. The van der Waals surface area contributed by atoms with Crippen molar-refractivity contribution in [2.75, 3.05) is 6.54 Å². The van der Waals surface area contributed by atoms with Gasteiger partial charge >= 0.3 is 0 Å². The Hall–Kier alpha value is -1.18. The highest BCUT2D eigenvalue weighted by atomic mass is 32.2. The van der Waals surface area contributed by atoms with E-state index in [0.717, 1.165) is 16.2 Å². The molecule has 1 rings (SSSR count). The number of primary sulfonamides is 1. The number of allylic oxidation sites excluding steroid dienone is 1. The average Bonchev–Trinajstić information content (AvgIpc) is 2.74. The summed E-state index contributed by atoms with van der Waals surface area (Å²) < 4.78 is 22.3. The van der Waals surface area contributed by atoms with Crippen LogP contribution in [0.5, 0.6) is 0 Å². The summed E-state index contributed by atoms with van der Waals surface area (Å²) in [4.78, 5) is 12.2. The summed E-state index contributed by atoms with van der Waals surface area (Å²) in [5, 5.41) is 7.76. The van der Waals surface area contributed by atoms with Crippen LogP contribution in [-0.4, -0.2) is 20.9 Å². The lowest BCUT2D eigenvalue weighted by Gasteiger charge is -2.02. The number of hydrogen-bond donors (Lipinski definition) is 2. The molecule has 0 spiro atoms. The molecule has 0 fully saturated rings. The van der Waals surface area contributed by atoms with Crippen molar-refractivity contribution in [2.24, 2.45) is 5.14 Å². The van der Waals surface area contributed by atoms with Crippen molar-refractivity contribution >= 4 is 27.3 Å². The number of nitrogens with one attached hydrogen (secondary N) is 1. The Bertz CT molecular complexity index is 520. The van der Waals surface area contributed by atoms with Gasteiger partial charge in [0.2, 0.25) is 15.9 Å². The van der Waals surface area contributed by atoms with Gasteiger partial charge in [-0.3, -0.25) is 4.79 Å². The highest BCUT2D eigenvalue weighted by Gasteiger charge is 2.10. The van der Waals surface area contributed by atoms with Crippen molar-refractivity contribution in [3.05, 3.63) is 29.7 Å². The van der Waals surface area contributed by atoms with E-state index in [0.29, 0.717) is 25.8 Å². The average molecular weight is 288 g/mol. The predicted octanol–water partition coefficient (Wildman–Crippen LogP) is 1.02. The molecular weight excluding hydrogens is 272 g/mol. The van der Waals surface area contributed by atoms with E-state index in [-0.39, 0.29) is 10.1 Å². The van der Waals surface area contributed by atoms with Gasteiger partial charge in [-0.25, -0.2) is 13.6 Å². The molecule has 0 radical (unpaired) electrons. The molecule has 18 heavy (non-hydrogen) atoms. The van der Waals surface area contributed by atoms with E-state index < -0.39 is 10.0 Å². The van der Waals surface area contributed by atoms with Crippen LogP contribution in [-0.2, 0) is 21.2 Å². The van der Waals surface area contributed by atoms with Gasteiger partial charge in [0.05, 0.1) is 0 Å². The van der Waals surface area contributed by atoms with E-state index in [9.17, 15) is 13.2 Å². The lowest BCUT2D eigenvalue weighted by Crippen LogP contribution is -2.24. The van der Waals surface area contributed by atoms with Crippen molar-refractivity contribution in [3.8, 4) is 0 Å². The van der Waals surface area contributed by atoms with Crippen molar-refractivity contribution in [1.82, 2.24) is 5.32 Å². The maximum atomic E-state index is 11.3. The fraction of sp³-hybridized carbons (Fsp3) is 0.364. The second kappa shape index (κ2) is 6.67. The summed E-state index contributed by atoms with van der Waals surface area (Å²) >= 11 is 1.13. The Balaban J connectivity index is 2.38. The third kappa shape index (κ3) is 4.99. The monoisotopic (exact) mass is 288 g/mol. The molecule has 0 atom stereocenters. The van der Waals surface area contributed by atoms with Gasteiger partial charge in [-0.05, 0) is 25.0 Å². The van der Waals surface area contributed by atoms with Crippen LogP contribution in [0.4, 0.5) is 0 Å². The van der Waals surface area contributed by atoms with Crippen LogP contribution in [0.2, 0.25) is 0 Å². The molecule has 0 aliphatic carbocycles. The van der Waals surface area contributed by atoms with Crippen molar-refractivity contribution in [3.63, 3.8) is 0 Å². The Morgan fingerprint density at radius 1 is 1.50 bits per heavy atom. The fourth-order valence-corrected chi connectivity index (χ4v) is 3.07. The van der Waals surface area contributed by atoms with E-state index in [1.54, 1.807) is 12.1 Å². The molecule has 3 N–H and O–H groups in total. The molecule has 0 bridgehead atoms. The SMILES string of the molecule is C=CCCC(=O)NCCc1ccc(S(N)(=O)=O)s1. The van der Waals surface area contributed by atoms with Crippen LogP contribution in [0.15, 0.2) is 29.0 Å². The minimum absolute atomic E-state index is 0.0295. The summed E-state index contributed by atoms with van der Waals surface area (Å²) in [6.45, 7) is 4.03. The van der Waals surface area contributed by atoms with Crippen LogP contribution in [0.1, 0.15) is 17.7 Å². The summed E-state index contributed by atoms with van der Waals surface area (Å²) in [7, 11) is -3.62. The summed E-state index contributed by atoms with van der Waals surface area (Å²) in [5.74, 6) is -0.0295. The zero-order valence-corrected chi connectivity index (χ0v) is 11.5. The molecule has 0 aliphatic rings. The van der Waals surface area contributed by atoms with Gasteiger partial charge in [0, 0.05) is 17.8 Å². The molecule has 1 aromatic heterocycles. The first-order chi connectivity index (χ1) is 8.43. The maximum absolute atomic E-state index is 11.3. The molecule has 1 heterocycles. The van der Waals surface area contributed by atoms with E-state index in [4.69, 9.17) is 5.14 Å². The van der Waals surface area contributed by atoms with Gasteiger partial charge in [0.1, 0.15) is 4.21 Å². The third-order valence-electron chi connectivity index (χ3n) is 2.19. The maximum Gasteiger partial charge on any atom is 0.247 e. The Labute approximate surface area is 111 Å². The largest absolute Gasteiger partial charge is 0.356 e. The highest BCUT2D eigenvalue weighted by Crippen LogP contribution is 2.20. The molecule has 1 amide bonds. The van der Waals surface area contributed by atoms with Crippen molar-refractivity contribution in [2.45, 2.75) is 23.5 Å². The molecular formula is C11H16N2O3S2. The van der Waals surface area contributed by atoms with Crippen LogP contribution in [0.25, 0.3) is 0 Å². The molecule has 0 aromatic carbocycles. The summed E-state index contributed by atoms with van der Waals surface area (Å²) in [6, 6.07) is 3.19. The van der Waals surface area contributed by atoms with E-state index >= 15 is 0 Å². The van der Waals surface area contributed by atoms with Gasteiger partial charge in [-0.2, -0.15) is 0 Å². The van der Waals surface area contributed by atoms with Gasteiger partial charge in [-0.15, -0.1) is 17.9 Å². The van der Waals surface area contributed by atoms with E-state index in [2.05, 4.69) is 11.9 Å². The molecule has 0 saturated heterocycles. The van der Waals surface area contributed by atoms with Crippen molar-refractivity contribution < 1.29 is 13.2 Å². The lowest BCUT2D eigenvalue weighted by atomic mass is 10.3. The van der Waals surface area contributed by atoms with E-state index in [1.807, 2.05) is 0 Å². The van der Waals surface area contributed by atoms with Gasteiger partial charge in [0.15, 0.2) is 0 Å². The number of sulfonamides is 1. The summed E-state index contributed by atoms with van der Waals surface area (Å²) in [5.41, 5.74) is 0. The van der Waals surface area contributed by atoms with Gasteiger partial charge in [0.25, 0.3) is 0 Å². The molecule has 0 aliphatic heterocycles. The van der Waals surface area contributed by atoms with Crippen LogP contribution in [0, 0.1) is 0 Å². The first-order valence-corrected chi connectivity index (χ1v) is 7.79. The van der Waals surface area contributed by atoms with Gasteiger partial charge in [-0.1, -0.05) is 6.08 Å². The predicted molar refractivity (Wildman–Crippen MR) is 71.8 cm³/mol. The molecule has 0 saturated carbocycles. The quantitative estimate of drug-likeness (QED) is 0.734.